The van der Waals surface area contributed by atoms with Crippen LogP contribution in [0.1, 0.15) is 27.2 Å². The molecular weight excluding hydrogens is 144 g/mol. The fraction of sp³-hybridized carbons (Fsp3) is 0.625. The Morgan fingerprint density at radius 2 is 1.90 bits per heavy atom. The van der Waals surface area contributed by atoms with E-state index in [0.29, 0.717) is 6.42 Å². The maximum absolute atomic E-state index is 11.0. The first-order chi connectivity index (χ1) is 4.63. The van der Waals surface area contributed by atoms with Crippen molar-refractivity contribution in [3.05, 3.63) is 10.5 Å². The van der Waals surface area contributed by atoms with Gasteiger partial charge in [0.25, 0.3) is 0 Å². The van der Waals surface area contributed by atoms with Gasteiger partial charge >= 0.3 is 0 Å². The van der Waals surface area contributed by atoms with Crippen LogP contribution in [0.5, 0.6) is 0 Å². The molecule has 0 aromatic rings. The van der Waals surface area contributed by atoms with E-state index in [4.69, 9.17) is 0 Å². The zero-order valence-electron chi connectivity index (χ0n) is 7.02. The average Bonchev–Trinajstić information content (AvgIpc) is 2.00. The summed E-state index contributed by atoms with van der Waals surface area (Å²) < 4.78 is 0. The average molecular weight is 158 g/mol. The third kappa shape index (κ3) is 2.56. The number of carbonyl (C=O) groups excluding carboxylic acids is 1. The predicted octanol–water partition coefficient (Wildman–Crippen LogP) is 2.62. The molecule has 0 rings (SSSR count). The first kappa shape index (κ1) is 9.76. The van der Waals surface area contributed by atoms with E-state index < -0.39 is 0 Å². The molecule has 1 nitrogen and oxygen atoms in total. The first-order valence-electron chi connectivity index (χ1n) is 3.38. The molecule has 0 saturated heterocycles. The summed E-state index contributed by atoms with van der Waals surface area (Å²) in [5, 5.41) is 0. The second-order valence-electron chi connectivity index (χ2n) is 2.16. The molecule has 0 heterocycles. The van der Waals surface area contributed by atoms with Crippen LogP contribution in [0, 0.1) is 0 Å². The van der Waals surface area contributed by atoms with Crippen LogP contribution in [-0.4, -0.2) is 12.0 Å². The van der Waals surface area contributed by atoms with Crippen molar-refractivity contribution in [1.29, 1.82) is 0 Å². The molecule has 58 valence electrons. The van der Waals surface area contributed by atoms with Crippen molar-refractivity contribution in [3.8, 4) is 0 Å². The molecule has 0 bridgehead atoms. The van der Waals surface area contributed by atoms with Crippen LogP contribution < -0.4 is 0 Å². The molecular formula is C8H14OS. The van der Waals surface area contributed by atoms with Crippen LogP contribution in [0.15, 0.2) is 10.5 Å². The van der Waals surface area contributed by atoms with Gasteiger partial charge in [-0.1, -0.05) is 6.92 Å². The van der Waals surface area contributed by atoms with Crippen LogP contribution in [0.4, 0.5) is 0 Å². The topological polar surface area (TPSA) is 17.1 Å². The Hall–Kier alpha value is -0.240. The third-order valence-corrected chi connectivity index (χ3v) is 2.49. The molecule has 0 aromatic heterocycles. The van der Waals surface area contributed by atoms with E-state index in [1.54, 1.807) is 11.8 Å². The maximum Gasteiger partial charge on any atom is 0.159 e. The lowest BCUT2D eigenvalue weighted by molar-refractivity contribution is -0.115. The minimum Gasteiger partial charge on any atom is -0.295 e. The Morgan fingerprint density at radius 3 is 2.20 bits per heavy atom. The van der Waals surface area contributed by atoms with Gasteiger partial charge in [-0.3, -0.25) is 4.79 Å². The Morgan fingerprint density at radius 1 is 1.40 bits per heavy atom. The van der Waals surface area contributed by atoms with Crippen molar-refractivity contribution >= 4 is 17.5 Å². The highest BCUT2D eigenvalue weighted by Gasteiger charge is 2.03. The standard InChI is InChI=1S/C8H14OS/c1-5-8(9)6(2)7(3)10-4/h5H2,1-4H3/b7-6+. The number of ketones is 1. The maximum atomic E-state index is 11.0. The summed E-state index contributed by atoms with van der Waals surface area (Å²) in [5.74, 6) is 0.256. The van der Waals surface area contributed by atoms with E-state index in [1.807, 2.05) is 27.0 Å². The SMILES string of the molecule is CCC(=O)/C(C)=C(\C)SC. The van der Waals surface area contributed by atoms with E-state index >= 15 is 0 Å². The van der Waals surface area contributed by atoms with Crippen molar-refractivity contribution in [3.63, 3.8) is 0 Å². The number of allylic oxidation sites excluding steroid dienone is 2. The summed E-state index contributed by atoms with van der Waals surface area (Å²) in [6.45, 7) is 5.75. The van der Waals surface area contributed by atoms with Crippen LogP contribution in [0.25, 0.3) is 0 Å². The molecule has 0 aliphatic heterocycles. The highest BCUT2D eigenvalue weighted by molar-refractivity contribution is 8.02. The van der Waals surface area contributed by atoms with Gasteiger partial charge in [0.15, 0.2) is 5.78 Å². The normalized spacial score (nSPS) is 12.8. The zero-order chi connectivity index (χ0) is 8.15. The second kappa shape index (κ2) is 4.56. The van der Waals surface area contributed by atoms with E-state index in [0.717, 1.165) is 10.5 Å². The fourth-order valence-corrected chi connectivity index (χ4v) is 1.03. The lowest BCUT2D eigenvalue weighted by Crippen LogP contribution is -1.97. The fourth-order valence-electron chi connectivity index (χ4n) is 0.615. The van der Waals surface area contributed by atoms with Gasteiger partial charge in [-0.15, -0.1) is 11.8 Å². The number of Topliss-reactive ketones (excluding diaryl/α,β-unsaturated/α-hetero) is 1. The van der Waals surface area contributed by atoms with E-state index in [1.165, 1.54) is 0 Å². The van der Waals surface area contributed by atoms with E-state index in [2.05, 4.69) is 0 Å². The number of rotatable bonds is 3. The monoisotopic (exact) mass is 158 g/mol. The van der Waals surface area contributed by atoms with Gasteiger partial charge in [-0.05, 0) is 25.0 Å². The summed E-state index contributed by atoms with van der Waals surface area (Å²) in [7, 11) is 0. The summed E-state index contributed by atoms with van der Waals surface area (Å²) in [6, 6.07) is 0. The molecule has 10 heavy (non-hydrogen) atoms. The van der Waals surface area contributed by atoms with Gasteiger partial charge in [-0.2, -0.15) is 0 Å². The molecule has 0 fully saturated rings. The van der Waals surface area contributed by atoms with Crippen molar-refractivity contribution in [2.75, 3.05) is 6.26 Å². The van der Waals surface area contributed by atoms with Crippen LogP contribution in [-0.2, 0) is 4.79 Å². The molecule has 2 heteroatoms. The lowest BCUT2D eigenvalue weighted by atomic mass is 10.1. The van der Waals surface area contributed by atoms with Gasteiger partial charge in [0.05, 0.1) is 0 Å². The van der Waals surface area contributed by atoms with Gasteiger partial charge < -0.3 is 0 Å². The van der Waals surface area contributed by atoms with Crippen molar-refractivity contribution in [1.82, 2.24) is 0 Å². The van der Waals surface area contributed by atoms with Crippen LogP contribution in [0.2, 0.25) is 0 Å². The van der Waals surface area contributed by atoms with Crippen LogP contribution in [0.3, 0.4) is 0 Å². The minimum absolute atomic E-state index is 0.256. The zero-order valence-corrected chi connectivity index (χ0v) is 7.84. The Balaban J connectivity index is 4.30. The largest absolute Gasteiger partial charge is 0.295 e. The molecule has 0 radical (unpaired) electrons. The number of thioether (sulfide) groups is 1. The Kier molecular flexibility index (Phi) is 4.45. The molecule has 0 unspecified atom stereocenters. The van der Waals surface area contributed by atoms with Gasteiger partial charge in [0.1, 0.15) is 0 Å². The minimum atomic E-state index is 0.256. The summed E-state index contributed by atoms with van der Waals surface area (Å²) >= 11 is 1.64. The molecule has 0 aliphatic carbocycles. The van der Waals surface area contributed by atoms with Gasteiger partial charge in [0.2, 0.25) is 0 Å². The highest BCUT2D eigenvalue weighted by atomic mass is 32.2. The predicted molar refractivity (Wildman–Crippen MR) is 47.2 cm³/mol. The molecule has 0 aliphatic rings. The molecule has 0 atom stereocenters. The van der Waals surface area contributed by atoms with Crippen LogP contribution >= 0.6 is 11.8 Å². The van der Waals surface area contributed by atoms with E-state index in [9.17, 15) is 4.79 Å². The number of hydrogen-bond donors (Lipinski definition) is 0. The van der Waals surface area contributed by atoms with Crippen molar-refractivity contribution in [2.45, 2.75) is 27.2 Å². The molecule has 0 aromatic carbocycles. The third-order valence-electron chi connectivity index (χ3n) is 1.57. The molecule has 0 N–H and O–H groups in total. The number of hydrogen-bond acceptors (Lipinski definition) is 2. The van der Waals surface area contributed by atoms with Crippen molar-refractivity contribution in [2.24, 2.45) is 0 Å². The highest BCUT2D eigenvalue weighted by Crippen LogP contribution is 2.16. The summed E-state index contributed by atoms with van der Waals surface area (Å²) in [4.78, 5) is 12.2. The first-order valence-corrected chi connectivity index (χ1v) is 4.60. The lowest BCUT2D eigenvalue weighted by Gasteiger charge is -2.00. The Labute approximate surface area is 66.9 Å². The molecule has 0 spiro atoms. The Bertz CT molecular complexity index is 159. The summed E-state index contributed by atoms with van der Waals surface area (Å²) in [6.07, 6.45) is 2.60. The van der Waals surface area contributed by atoms with Gasteiger partial charge in [-0.25, -0.2) is 0 Å². The number of carbonyl (C=O) groups is 1. The quantitative estimate of drug-likeness (QED) is 0.587. The van der Waals surface area contributed by atoms with Gasteiger partial charge in [0, 0.05) is 12.0 Å². The smallest absolute Gasteiger partial charge is 0.159 e. The second-order valence-corrected chi connectivity index (χ2v) is 3.18. The van der Waals surface area contributed by atoms with E-state index in [-0.39, 0.29) is 5.78 Å². The summed E-state index contributed by atoms with van der Waals surface area (Å²) in [5.41, 5.74) is 0.912. The molecule has 0 amide bonds. The molecule has 0 saturated carbocycles. The van der Waals surface area contributed by atoms with Crippen molar-refractivity contribution < 1.29 is 4.79 Å².